The van der Waals surface area contributed by atoms with Gasteiger partial charge >= 0.3 is 0 Å². The molecule has 0 radical (unpaired) electrons. The summed E-state index contributed by atoms with van der Waals surface area (Å²) >= 11 is 12.6. The molecule has 0 atom stereocenters. The summed E-state index contributed by atoms with van der Waals surface area (Å²) < 4.78 is 0. The van der Waals surface area contributed by atoms with Crippen molar-refractivity contribution >= 4 is 52.1 Å². The number of hydrogen-bond acceptors (Lipinski definition) is 4. The molecule has 0 aromatic heterocycles. The number of phenols is 1. The maximum Gasteiger partial charge on any atom is 0.286 e. The van der Waals surface area contributed by atoms with E-state index in [2.05, 4.69) is 4.99 Å². The highest BCUT2D eigenvalue weighted by Crippen LogP contribution is 2.34. The number of aliphatic imine (C=N–C) groups is 1. The zero-order valence-corrected chi connectivity index (χ0v) is 10.6. The van der Waals surface area contributed by atoms with Gasteiger partial charge in [-0.2, -0.15) is 4.99 Å². The van der Waals surface area contributed by atoms with Crippen LogP contribution >= 0.6 is 35.0 Å². The van der Waals surface area contributed by atoms with Gasteiger partial charge in [0.25, 0.3) is 5.91 Å². The van der Waals surface area contributed by atoms with Crippen molar-refractivity contribution < 1.29 is 9.90 Å². The SMILES string of the molecule is NC1=NC(=O)C(=Cc2cc(Cl)c(O)c(Cl)c2)S1. The van der Waals surface area contributed by atoms with E-state index in [0.29, 0.717) is 10.5 Å². The van der Waals surface area contributed by atoms with Crippen LogP contribution in [0.1, 0.15) is 5.56 Å². The molecule has 4 nitrogen and oxygen atoms in total. The molecular formula is C10H6Cl2N2O2S. The van der Waals surface area contributed by atoms with E-state index in [4.69, 9.17) is 28.9 Å². The zero-order valence-electron chi connectivity index (χ0n) is 8.28. The Morgan fingerprint density at radius 2 is 1.94 bits per heavy atom. The molecule has 17 heavy (non-hydrogen) atoms. The first kappa shape index (κ1) is 12.3. The van der Waals surface area contributed by atoms with Crippen molar-refractivity contribution in [1.29, 1.82) is 0 Å². The van der Waals surface area contributed by atoms with Gasteiger partial charge in [-0.15, -0.1) is 0 Å². The number of halogens is 2. The third-order valence-corrected chi connectivity index (χ3v) is 3.36. The Bertz CT molecular complexity index is 546. The van der Waals surface area contributed by atoms with Crippen molar-refractivity contribution in [3.8, 4) is 5.75 Å². The van der Waals surface area contributed by atoms with Gasteiger partial charge in [-0.3, -0.25) is 4.79 Å². The normalized spacial score (nSPS) is 17.6. The van der Waals surface area contributed by atoms with Crippen molar-refractivity contribution in [3.63, 3.8) is 0 Å². The van der Waals surface area contributed by atoms with Crippen LogP contribution in [0, 0.1) is 0 Å². The first-order valence-electron chi connectivity index (χ1n) is 4.43. The summed E-state index contributed by atoms with van der Waals surface area (Å²) in [4.78, 5) is 15.3. The minimum atomic E-state index is -0.396. The summed E-state index contributed by atoms with van der Waals surface area (Å²) in [6.07, 6.45) is 1.56. The molecule has 0 fully saturated rings. The molecule has 1 aromatic rings. The van der Waals surface area contributed by atoms with Gasteiger partial charge in [0, 0.05) is 0 Å². The van der Waals surface area contributed by atoms with E-state index in [1.54, 1.807) is 6.08 Å². The second-order valence-corrected chi connectivity index (χ2v) is 5.08. The smallest absolute Gasteiger partial charge is 0.286 e. The number of amides is 1. The van der Waals surface area contributed by atoms with Crippen LogP contribution in [-0.4, -0.2) is 16.2 Å². The minimum absolute atomic E-state index is 0.119. The average Bonchev–Trinajstić information content (AvgIpc) is 2.54. The fourth-order valence-electron chi connectivity index (χ4n) is 1.25. The van der Waals surface area contributed by atoms with Crippen LogP contribution in [0.25, 0.3) is 6.08 Å². The van der Waals surface area contributed by atoms with Gasteiger partial charge in [-0.1, -0.05) is 23.2 Å². The first-order valence-corrected chi connectivity index (χ1v) is 6.00. The number of thioether (sulfide) groups is 1. The Labute approximate surface area is 111 Å². The van der Waals surface area contributed by atoms with E-state index in [1.807, 2.05) is 0 Å². The molecule has 0 saturated carbocycles. The van der Waals surface area contributed by atoms with Crippen LogP contribution in [-0.2, 0) is 4.79 Å². The summed E-state index contributed by atoms with van der Waals surface area (Å²) in [7, 11) is 0. The predicted molar refractivity (Wildman–Crippen MR) is 70.3 cm³/mol. The Morgan fingerprint density at radius 1 is 1.35 bits per heavy atom. The second-order valence-electron chi connectivity index (χ2n) is 3.20. The second kappa shape index (κ2) is 4.60. The van der Waals surface area contributed by atoms with Gasteiger partial charge < -0.3 is 10.8 Å². The lowest BCUT2D eigenvalue weighted by Gasteiger charge is -2.02. The van der Waals surface area contributed by atoms with E-state index < -0.39 is 5.91 Å². The topological polar surface area (TPSA) is 75.7 Å². The number of nitrogens with two attached hydrogens (primary N) is 1. The summed E-state index contributed by atoms with van der Waals surface area (Å²) in [6.45, 7) is 0. The summed E-state index contributed by atoms with van der Waals surface area (Å²) in [5, 5.41) is 9.83. The number of aromatic hydroxyl groups is 1. The highest BCUT2D eigenvalue weighted by atomic mass is 35.5. The molecule has 0 saturated heterocycles. The van der Waals surface area contributed by atoms with Gasteiger partial charge in [0.1, 0.15) is 0 Å². The largest absolute Gasteiger partial charge is 0.505 e. The third-order valence-electron chi connectivity index (χ3n) is 1.97. The number of nitrogens with zero attached hydrogens (tertiary/aromatic N) is 1. The molecule has 0 spiro atoms. The van der Waals surface area contributed by atoms with E-state index in [1.165, 1.54) is 12.1 Å². The molecule has 3 N–H and O–H groups in total. The van der Waals surface area contributed by atoms with Gasteiger partial charge in [-0.25, -0.2) is 0 Å². The lowest BCUT2D eigenvalue weighted by molar-refractivity contribution is -0.113. The Hall–Kier alpha value is -1.17. The van der Waals surface area contributed by atoms with Crippen molar-refractivity contribution in [1.82, 2.24) is 0 Å². The van der Waals surface area contributed by atoms with E-state index in [9.17, 15) is 9.90 Å². The molecule has 0 unspecified atom stereocenters. The van der Waals surface area contributed by atoms with Gasteiger partial charge in [0.05, 0.1) is 15.0 Å². The predicted octanol–water partition coefficient (Wildman–Crippen LogP) is 2.63. The maximum absolute atomic E-state index is 11.4. The molecule has 1 aliphatic heterocycles. The fraction of sp³-hybridized carbons (Fsp3) is 0. The highest BCUT2D eigenvalue weighted by molar-refractivity contribution is 8.18. The molecule has 7 heteroatoms. The fourth-order valence-corrected chi connectivity index (χ4v) is 2.43. The summed E-state index contributed by atoms with van der Waals surface area (Å²) in [5.74, 6) is -0.579. The number of phenolic OH excluding ortho intramolecular Hbond substituents is 1. The molecular weight excluding hydrogens is 283 g/mol. The van der Waals surface area contributed by atoms with Crippen molar-refractivity contribution in [2.75, 3.05) is 0 Å². The lowest BCUT2D eigenvalue weighted by atomic mass is 10.2. The van der Waals surface area contributed by atoms with Crippen LogP contribution in [0.15, 0.2) is 22.0 Å². The zero-order chi connectivity index (χ0) is 12.6. The number of hydrogen-bond donors (Lipinski definition) is 2. The minimum Gasteiger partial charge on any atom is -0.505 e. The molecule has 1 amide bonds. The van der Waals surface area contributed by atoms with Crippen LogP contribution in [0.2, 0.25) is 10.0 Å². The number of carbonyl (C=O) groups is 1. The highest BCUT2D eigenvalue weighted by Gasteiger charge is 2.19. The van der Waals surface area contributed by atoms with Gasteiger partial charge in [-0.05, 0) is 35.5 Å². The monoisotopic (exact) mass is 288 g/mol. The summed E-state index contributed by atoms with van der Waals surface area (Å²) in [5.41, 5.74) is 6.01. The van der Waals surface area contributed by atoms with E-state index >= 15 is 0 Å². The van der Waals surface area contributed by atoms with Crippen LogP contribution < -0.4 is 5.73 Å². The van der Waals surface area contributed by atoms with Crippen LogP contribution in [0.4, 0.5) is 0 Å². The Morgan fingerprint density at radius 3 is 2.41 bits per heavy atom. The Kier molecular flexibility index (Phi) is 3.33. The standard InChI is InChI=1S/C10H6Cl2N2O2S/c11-5-1-4(2-6(12)8(5)15)3-7-9(16)14-10(13)17-7/h1-3,15H,(H2,13,14,16). The van der Waals surface area contributed by atoms with Gasteiger partial charge in [0.15, 0.2) is 10.9 Å². The Balaban J connectivity index is 2.38. The molecule has 1 aromatic carbocycles. The van der Waals surface area contributed by atoms with Crippen molar-refractivity contribution in [2.45, 2.75) is 0 Å². The third kappa shape index (κ3) is 2.57. The molecule has 1 aliphatic rings. The van der Waals surface area contributed by atoms with Crippen LogP contribution in [0.5, 0.6) is 5.75 Å². The molecule has 0 aliphatic carbocycles. The number of benzene rings is 1. The van der Waals surface area contributed by atoms with Gasteiger partial charge in [0.2, 0.25) is 0 Å². The van der Waals surface area contributed by atoms with Crippen LogP contribution in [0.3, 0.4) is 0 Å². The average molecular weight is 289 g/mol. The molecule has 0 bridgehead atoms. The first-order chi connectivity index (χ1) is 7.97. The van der Waals surface area contributed by atoms with Crippen molar-refractivity contribution in [3.05, 3.63) is 32.6 Å². The molecule has 1 heterocycles. The number of carbonyl (C=O) groups excluding carboxylic acids is 1. The molecule has 2 rings (SSSR count). The van der Waals surface area contributed by atoms with Crippen molar-refractivity contribution in [2.24, 2.45) is 10.7 Å². The van der Waals surface area contributed by atoms with E-state index in [-0.39, 0.29) is 21.0 Å². The molecule has 88 valence electrons. The summed E-state index contributed by atoms with van der Waals surface area (Å²) in [6, 6.07) is 3.00. The number of amidine groups is 1. The lowest BCUT2D eigenvalue weighted by Crippen LogP contribution is -2.01. The quantitative estimate of drug-likeness (QED) is 0.779. The van der Waals surface area contributed by atoms with E-state index in [0.717, 1.165) is 11.8 Å². The number of rotatable bonds is 1. The maximum atomic E-state index is 11.4.